The zero-order valence-electron chi connectivity index (χ0n) is 8.01. The molecule has 0 bridgehead atoms. The van der Waals surface area contributed by atoms with E-state index in [-0.39, 0.29) is 5.96 Å². The average Bonchev–Trinajstić information content (AvgIpc) is 2.03. The fourth-order valence-corrected chi connectivity index (χ4v) is 0.780. The first-order valence-corrected chi connectivity index (χ1v) is 4.45. The van der Waals surface area contributed by atoms with Crippen molar-refractivity contribution >= 4 is 5.96 Å². The van der Waals surface area contributed by atoms with E-state index in [9.17, 15) is 0 Å². The van der Waals surface area contributed by atoms with Crippen molar-refractivity contribution in [3.05, 3.63) is 0 Å². The third-order valence-corrected chi connectivity index (χ3v) is 1.73. The Morgan fingerprint density at radius 2 is 2.17 bits per heavy atom. The van der Waals surface area contributed by atoms with Crippen molar-refractivity contribution in [1.82, 2.24) is 5.32 Å². The van der Waals surface area contributed by atoms with Gasteiger partial charge in [0.05, 0.1) is 0 Å². The highest BCUT2D eigenvalue weighted by atomic mass is 15.0. The van der Waals surface area contributed by atoms with Crippen molar-refractivity contribution in [2.45, 2.75) is 32.7 Å². The first kappa shape index (κ1) is 11.2. The predicted molar refractivity (Wildman–Crippen MR) is 53.0 cm³/mol. The lowest BCUT2D eigenvalue weighted by molar-refractivity contribution is 0.527. The summed E-state index contributed by atoms with van der Waals surface area (Å²) in [5.74, 6) is 0.179. The summed E-state index contributed by atoms with van der Waals surface area (Å²) < 4.78 is 0. The number of aliphatic imine (C=N–C) groups is 1. The molecule has 0 unspecified atom stereocenters. The average molecular weight is 172 g/mol. The number of guanidine groups is 1. The van der Waals surface area contributed by atoms with Gasteiger partial charge in [-0.3, -0.25) is 4.99 Å². The Morgan fingerprint density at radius 3 is 2.67 bits per heavy atom. The van der Waals surface area contributed by atoms with Crippen LogP contribution < -0.4 is 16.8 Å². The molecule has 72 valence electrons. The maximum absolute atomic E-state index is 5.17. The third-order valence-electron chi connectivity index (χ3n) is 1.73. The van der Waals surface area contributed by atoms with Crippen molar-refractivity contribution in [2.75, 3.05) is 13.1 Å². The fourth-order valence-electron chi connectivity index (χ4n) is 0.780. The Labute approximate surface area is 74.4 Å². The molecular weight excluding hydrogens is 152 g/mol. The first-order valence-electron chi connectivity index (χ1n) is 4.45. The van der Waals surface area contributed by atoms with Gasteiger partial charge in [0, 0.05) is 12.6 Å². The van der Waals surface area contributed by atoms with Crippen LogP contribution in [0.1, 0.15) is 26.7 Å². The summed E-state index contributed by atoms with van der Waals surface area (Å²) in [4.78, 5) is 3.88. The molecule has 0 saturated heterocycles. The van der Waals surface area contributed by atoms with Crippen LogP contribution in [0, 0.1) is 0 Å². The first-order chi connectivity index (χ1) is 5.66. The minimum atomic E-state index is 0.179. The maximum atomic E-state index is 5.17. The Hall–Kier alpha value is -0.770. The van der Waals surface area contributed by atoms with Crippen molar-refractivity contribution < 1.29 is 0 Å². The largest absolute Gasteiger partial charge is 0.370 e. The van der Waals surface area contributed by atoms with Gasteiger partial charge >= 0.3 is 0 Å². The molecule has 0 aliphatic heterocycles. The van der Waals surface area contributed by atoms with Crippen LogP contribution in [-0.4, -0.2) is 25.1 Å². The SMILES string of the molecule is CC[C@@H](C)NCCCN=C(N)N. The van der Waals surface area contributed by atoms with Gasteiger partial charge in [0.25, 0.3) is 0 Å². The summed E-state index contributed by atoms with van der Waals surface area (Å²) >= 11 is 0. The molecule has 0 radical (unpaired) electrons. The van der Waals surface area contributed by atoms with E-state index in [1.165, 1.54) is 0 Å². The van der Waals surface area contributed by atoms with Gasteiger partial charge in [-0.15, -0.1) is 0 Å². The topological polar surface area (TPSA) is 76.4 Å². The molecule has 0 aromatic rings. The van der Waals surface area contributed by atoms with Gasteiger partial charge in [-0.25, -0.2) is 0 Å². The summed E-state index contributed by atoms with van der Waals surface area (Å²) in [5.41, 5.74) is 10.3. The fraction of sp³-hybridized carbons (Fsp3) is 0.875. The Balaban J connectivity index is 3.16. The second-order valence-electron chi connectivity index (χ2n) is 2.92. The highest BCUT2D eigenvalue weighted by molar-refractivity contribution is 5.75. The summed E-state index contributed by atoms with van der Waals surface area (Å²) in [6, 6.07) is 0.587. The van der Waals surface area contributed by atoms with Crippen LogP contribution in [0.4, 0.5) is 0 Å². The third kappa shape index (κ3) is 7.34. The lowest BCUT2D eigenvalue weighted by Gasteiger charge is -2.09. The summed E-state index contributed by atoms with van der Waals surface area (Å²) in [6.07, 6.45) is 2.14. The van der Waals surface area contributed by atoms with Crippen LogP contribution >= 0.6 is 0 Å². The van der Waals surface area contributed by atoms with E-state index in [4.69, 9.17) is 11.5 Å². The smallest absolute Gasteiger partial charge is 0.185 e. The van der Waals surface area contributed by atoms with Gasteiger partial charge in [-0.2, -0.15) is 0 Å². The number of nitrogens with zero attached hydrogens (tertiary/aromatic N) is 1. The molecule has 0 aromatic carbocycles. The number of nitrogens with one attached hydrogen (secondary N) is 1. The van der Waals surface area contributed by atoms with E-state index in [1.807, 2.05) is 0 Å². The minimum absolute atomic E-state index is 0.179. The van der Waals surface area contributed by atoms with Crippen molar-refractivity contribution in [3.63, 3.8) is 0 Å². The van der Waals surface area contributed by atoms with Crippen LogP contribution in [-0.2, 0) is 0 Å². The molecule has 0 amide bonds. The zero-order valence-corrected chi connectivity index (χ0v) is 8.01. The Bertz CT molecular complexity index is 129. The van der Waals surface area contributed by atoms with E-state index in [0.717, 1.165) is 19.4 Å². The van der Waals surface area contributed by atoms with E-state index >= 15 is 0 Å². The maximum Gasteiger partial charge on any atom is 0.185 e. The predicted octanol–water partition coefficient (Wildman–Crippen LogP) is 0.0380. The molecule has 1 atom stereocenters. The quantitative estimate of drug-likeness (QED) is 0.301. The molecule has 0 aliphatic rings. The molecule has 0 fully saturated rings. The van der Waals surface area contributed by atoms with E-state index in [1.54, 1.807) is 0 Å². The molecule has 0 saturated carbocycles. The summed E-state index contributed by atoms with van der Waals surface area (Å²) in [5, 5.41) is 3.36. The lowest BCUT2D eigenvalue weighted by Crippen LogP contribution is -2.27. The summed E-state index contributed by atoms with van der Waals surface area (Å²) in [7, 11) is 0. The van der Waals surface area contributed by atoms with Gasteiger partial charge in [0.15, 0.2) is 5.96 Å². The normalized spacial score (nSPS) is 12.5. The Morgan fingerprint density at radius 1 is 1.50 bits per heavy atom. The highest BCUT2D eigenvalue weighted by Gasteiger charge is 1.94. The van der Waals surface area contributed by atoms with E-state index in [2.05, 4.69) is 24.2 Å². The summed E-state index contributed by atoms with van der Waals surface area (Å²) in [6.45, 7) is 6.02. The molecule has 0 spiro atoms. The van der Waals surface area contributed by atoms with E-state index in [0.29, 0.717) is 12.6 Å². The molecule has 5 N–H and O–H groups in total. The molecule has 0 rings (SSSR count). The molecule has 4 nitrogen and oxygen atoms in total. The van der Waals surface area contributed by atoms with Gasteiger partial charge in [-0.05, 0) is 26.3 Å². The number of hydrogen-bond donors (Lipinski definition) is 3. The van der Waals surface area contributed by atoms with Crippen LogP contribution in [0.25, 0.3) is 0 Å². The van der Waals surface area contributed by atoms with Crippen LogP contribution in [0.5, 0.6) is 0 Å². The number of nitrogens with two attached hydrogens (primary N) is 2. The van der Waals surface area contributed by atoms with Crippen molar-refractivity contribution in [3.8, 4) is 0 Å². The second kappa shape index (κ2) is 6.91. The van der Waals surface area contributed by atoms with Crippen molar-refractivity contribution in [2.24, 2.45) is 16.5 Å². The van der Waals surface area contributed by atoms with Crippen LogP contribution in [0.15, 0.2) is 4.99 Å². The number of rotatable bonds is 6. The van der Waals surface area contributed by atoms with Crippen LogP contribution in [0.2, 0.25) is 0 Å². The van der Waals surface area contributed by atoms with E-state index < -0.39 is 0 Å². The zero-order chi connectivity index (χ0) is 9.40. The molecule has 4 heteroatoms. The van der Waals surface area contributed by atoms with Gasteiger partial charge < -0.3 is 16.8 Å². The van der Waals surface area contributed by atoms with Gasteiger partial charge in [0.1, 0.15) is 0 Å². The Kier molecular flexibility index (Phi) is 6.47. The standard InChI is InChI=1S/C8H20N4/c1-3-7(2)11-5-4-6-12-8(9)10/h7,11H,3-6H2,1-2H3,(H4,9,10,12)/t7-/m1/s1. The molecule has 0 aliphatic carbocycles. The molecule has 12 heavy (non-hydrogen) atoms. The molecular formula is C8H20N4. The second-order valence-corrected chi connectivity index (χ2v) is 2.92. The highest BCUT2D eigenvalue weighted by Crippen LogP contribution is 1.87. The van der Waals surface area contributed by atoms with Gasteiger partial charge in [0.2, 0.25) is 0 Å². The monoisotopic (exact) mass is 172 g/mol. The van der Waals surface area contributed by atoms with Gasteiger partial charge in [-0.1, -0.05) is 6.92 Å². The lowest BCUT2D eigenvalue weighted by atomic mass is 10.2. The number of hydrogen-bond acceptors (Lipinski definition) is 2. The van der Waals surface area contributed by atoms with Crippen LogP contribution in [0.3, 0.4) is 0 Å². The minimum Gasteiger partial charge on any atom is -0.370 e. The molecule has 0 heterocycles. The van der Waals surface area contributed by atoms with Crippen molar-refractivity contribution in [1.29, 1.82) is 0 Å². The molecule has 0 aromatic heterocycles.